The van der Waals surface area contributed by atoms with Gasteiger partial charge in [-0.25, -0.2) is 4.79 Å². The number of hydrogen-bond acceptors (Lipinski definition) is 5. The quantitative estimate of drug-likeness (QED) is 0.610. The van der Waals surface area contributed by atoms with Gasteiger partial charge in [-0.2, -0.15) is 0 Å². The number of hydrogen-bond donors (Lipinski definition) is 1. The second-order valence-corrected chi connectivity index (χ2v) is 3.23. The highest BCUT2D eigenvalue weighted by atomic mass is 16.7. The normalized spacial score (nSPS) is 18.6. The second-order valence-electron chi connectivity index (χ2n) is 3.23. The number of hydroxylamine groups is 2. The zero-order valence-electron chi connectivity index (χ0n) is 7.86. The Labute approximate surface area is 80.9 Å². The minimum absolute atomic E-state index is 0.0168. The Kier molecular flexibility index (Phi) is 3.19. The van der Waals surface area contributed by atoms with E-state index in [1.807, 2.05) is 0 Å². The van der Waals surface area contributed by atoms with Gasteiger partial charge in [0, 0.05) is 18.9 Å². The van der Waals surface area contributed by atoms with Crippen LogP contribution in [0.4, 0.5) is 0 Å². The van der Waals surface area contributed by atoms with Gasteiger partial charge >= 0.3 is 5.97 Å². The summed E-state index contributed by atoms with van der Waals surface area (Å²) in [6.07, 6.45) is 0.186. The van der Waals surface area contributed by atoms with Gasteiger partial charge < -0.3 is 10.6 Å². The highest BCUT2D eigenvalue weighted by molar-refractivity contribution is 6.01. The van der Waals surface area contributed by atoms with Gasteiger partial charge in [-0.3, -0.25) is 9.59 Å². The van der Waals surface area contributed by atoms with E-state index in [0.717, 1.165) is 0 Å². The van der Waals surface area contributed by atoms with Crippen molar-refractivity contribution in [1.29, 1.82) is 0 Å². The molecule has 0 spiro atoms. The smallest absolute Gasteiger partial charge is 0.330 e. The van der Waals surface area contributed by atoms with Crippen LogP contribution in [0.25, 0.3) is 0 Å². The Morgan fingerprint density at radius 3 is 2.43 bits per heavy atom. The van der Waals surface area contributed by atoms with Crippen LogP contribution in [0, 0.1) is 0 Å². The third kappa shape index (κ3) is 2.53. The molecule has 0 aromatic heterocycles. The van der Waals surface area contributed by atoms with Crippen molar-refractivity contribution in [3.05, 3.63) is 0 Å². The van der Waals surface area contributed by atoms with E-state index < -0.39 is 17.8 Å². The molecule has 1 fully saturated rings. The molecule has 14 heavy (non-hydrogen) atoms. The van der Waals surface area contributed by atoms with Crippen LogP contribution in [-0.2, 0) is 19.2 Å². The molecule has 6 heteroatoms. The first kappa shape index (κ1) is 10.6. The van der Waals surface area contributed by atoms with Crippen molar-refractivity contribution in [2.24, 2.45) is 5.73 Å². The third-order valence-corrected chi connectivity index (χ3v) is 1.69. The van der Waals surface area contributed by atoms with Crippen molar-refractivity contribution in [2.75, 3.05) is 0 Å². The van der Waals surface area contributed by atoms with Crippen LogP contribution in [0.5, 0.6) is 0 Å². The van der Waals surface area contributed by atoms with Gasteiger partial charge in [0.2, 0.25) is 0 Å². The SMILES string of the molecule is CC(N)CC(=O)ON1C(=O)CCC1=O. The van der Waals surface area contributed by atoms with Gasteiger partial charge in [-0.15, -0.1) is 5.06 Å². The van der Waals surface area contributed by atoms with Crippen LogP contribution < -0.4 is 5.73 Å². The molecule has 78 valence electrons. The molecule has 0 aliphatic carbocycles. The predicted octanol–water partition coefficient (Wildman–Crippen LogP) is -0.669. The summed E-state index contributed by atoms with van der Waals surface area (Å²) in [7, 11) is 0. The van der Waals surface area contributed by atoms with Gasteiger partial charge in [0.25, 0.3) is 11.8 Å². The molecule has 0 bridgehead atoms. The molecule has 1 saturated heterocycles. The molecule has 0 aromatic rings. The maximum absolute atomic E-state index is 11.1. The van der Waals surface area contributed by atoms with E-state index in [1.54, 1.807) is 6.92 Å². The maximum atomic E-state index is 11.1. The Morgan fingerprint density at radius 1 is 1.50 bits per heavy atom. The first-order valence-corrected chi connectivity index (χ1v) is 4.33. The number of carbonyl (C=O) groups is 3. The largest absolute Gasteiger partial charge is 0.334 e. The monoisotopic (exact) mass is 200 g/mol. The zero-order chi connectivity index (χ0) is 10.7. The topological polar surface area (TPSA) is 89.7 Å². The van der Waals surface area contributed by atoms with Crippen LogP contribution in [-0.4, -0.2) is 28.9 Å². The van der Waals surface area contributed by atoms with Crippen LogP contribution in [0.15, 0.2) is 0 Å². The van der Waals surface area contributed by atoms with Gasteiger partial charge in [0.05, 0.1) is 6.42 Å². The fourth-order valence-corrected chi connectivity index (χ4v) is 1.06. The molecule has 1 aliphatic rings. The van der Waals surface area contributed by atoms with Gasteiger partial charge in [0.15, 0.2) is 0 Å². The minimum atomic E-state index is -0.663. The van der Waals surface area contributed by atoms with Gasteiger partial charge in [0.1, 0.15) is 0 Å². The number of amides is 2. The first-order chi connectivity index (χ1) is 6.50. The van der Waals surface area contributed by atoms with E-state index in [1.165, 1.54) is 0 Å². The van der Waals surface area contributed by atoms with Gasteiger partial charge in [-0.05, 0) is 6.92 Å². The lowest BCUT2D eigenvalue weighted by Gasteiger charge is -2.13. The third-order valence-electron chi connectivity index (χ3n) is 1.69. The number of nitrogens with zero attached hydrogens (tertiary/aromatic N) is 1. The number of nitrogens with two attached hydrogens (primary N) is 1. The zero-order valence-corrected chi connectivity index (χ0v) is 7.86. The van der Waals surface area contributed by atoms with E-state index in [9.17, 15) is 14.4 Å². The Hall–Kier alpha value is -1.43. The lowest BCUT2D eigenvalue weighted by atomic mass is 10.3. The van der Waals surface area contributed by atoms with E-state index in [2.05, 4.69) is 4.84 Å². The van der Waals surface area contributed by atoms with Crippen LogP contribution in [0.1, 0.15) is 26.2 Å². The highest BCUT2D eigenvalue weighted by Crippen LogP contribution is 2.12. The number of carbonyl (C=O) groups excluding carboxylic acids is 3. The van der Waals surface area contributed by atoms with Crippen molar-refractivity contribution >= 4 is 17.8 Å². The summed E-state index contributed by atoms with van der Waals surface area (Å²) in [6.45, 7) is 1.63. The molecule has 6 nitrogen and oxygen atoms in total. The number of imide groups is 1. The van der Waals surface area contributed by atoms with Crippen LogP contribution in [0.3, 0.4) is 0 Å². The predicted molar refractivity (Wildman–Crippen MR) is 45.4 cm³/mol. The molecule has 0 radical (unpaired) electrons. The summed E-state index contributed by atoms with van der Waals surface area (Å²) in [4.78, 5) is 37.6. The average Bonchev–Trinajstić information content (AvgIpc) is 2.34. The Balaban J connectivity index is 2.47. The Morgan fingerprint density at radius 2 is 2.00 bits per heavy atom. The molecular weight excluding hydrogens is 188 g/mol. The van der Waals surface area contributed by atoms with E-state index in [0.29, 0.717) is 5.06 Å². The number of rotatable bonds is 3. The lowest BCUT2D eigenvalue weighted by molar-refractivity contribution is -0.197. The van der Waals surface area contributed by atoms with Crippen LogP contribution >= 0.6 is 0 Å². The van der Waals surface area contributed by atoms with Crippen molar-refractivity contribution in [1.82, 2.24) is 5.06 Å². The molecular formula is C8H12N2O4. The Bertz CT molecular complexity index is 259. The summed E-state index contributed by atoms with van der Waals surface area (Å²) in [6, 6.07) is -0.352. The van der Waals surface area contributed by atoms with Gasteiger partial charge in [-0.1, -0.05) is 0 Å². The molecule has 1 rings (SSSR count). The summed E-state index contributed by atoms with van der Waals surface area (Å²) < 4.78 is 0. The lowest BCUT2D eigenvalue weighted by Crippen LogP contribution is -2.33. The van der Waals surface area contributed by atoms with Crippen molar-refractivity contribution < 1.29 is 19.2 Å². The minimum Gasteiger partial charge on any atom is -0.330 e. The van der Waals surface area contributed by atoms with Crippen molar-refractivity contribution in [2.45, 2.75) is 32.2 Å². The fourth-order valence-electron chi connectivity index (χ4n) is 1.06. The van der Waals surface area contributed by atoms with E-state index >= 15 is 0 Å². The van der Waals surface area contributed by atoms with Crippen molar-refractivity contribution in [3.8, 4) is 0 Å². The average molecular weight is 200 g/mol. The summed E-state index contributed by atoms with van der Waals surface area (Å²) in [5, 5.41) is 0.519. The molecule has 1 aliphatic heterocycles. The van der Waals surface area contributed by atoms with E-state index in [-0.39, 0.29) is 25.3 Å². The standard InChI is InChI=1S/C8H12N2O4/c1-5(9)4-8(13)14-10-6(11)2-3-7(10)12/h5H,2-4,9H2,1H3. The molecule has 2 amide bonds. The van der Waals surface area contributed by atoms with Crippen LogP contribution in [0.2, 0.25) is 0 Å². The molecule has 1 unspecified atom stereocenters. The van der Waals surface area contributed by atoms with Crippen molar-refractivity contribution in [3.63, 3.8) is 0 Å². The first-order valence-electron chi connectivity index (χ1n) is 4.33. The molecule has 1 atom stereocenters. The maximum Gasteiger partial charge on any atom is 0.334 e. The molecule has 0 saturated carbocycles. The summed E-state index contributed by atoms with van der Waals surface area (Å²) in [5.74, 6) is -1.62. The summed E-state index contributed by atoms with van der Waals surface area (Å²) in [5.41, 5.74) is 5.35. The molecule has 1 heterocycles. The molecule has 0 aromatic carbocycles. The molecule has 2 N–H and O–H groups in total. The van der Waals surface area contributed by atoms with E-state index in [4.69, 9.17) is 5.73 Å². The highest BCUT2D eigenvalue weighted by Gasteiger charge is 2.32. The summed E-state index contributed by atoms with van der Waals surface area (Å²) >= 11 is 0. The second kappa shape index (κ2) is 4.19. The fraction of sp³-hybridized carbons (Fsp3) is 0.625.